The number of nitrogens with zero attached hydrogens (tertiary/aromatic N) is 1. The Kier molecular flexibility index (Phi) is 4.80. The highest BCUT2D eigenvalue weighted by Crippen LogP contribution is 2.30. The average molecular weight is 283 g/mol. The van der Waals surface area contributed by atoms with E-state index in [2.05, 4.69) is 6.92 Å². The number of carboxylic acids is 1. The summed E-state index contributed by atoms with van der Waals surface area (Å²) in [4.78, 5) is 23.8. The van der Waals surface area contributed by atoms with Crippen molar-refractivity contribution >= 4 is 17.3 Å². The lowest BCUT2D eigenvalue weighted by Crippen LogP contribution is -2.20. The molecule has 1 heterocycles. The van der Waals surface area contributed by atoms with Gasteiger partial charge in [-0.2, -0.15) is 0 Å². The molecule has 2 rings (SSSR count). The number of aliphatic carboxylic acids is 1. The van der Waals surface area contributed by atoms with E-state index in [0.29, 0.717) is 13.0 Å². The molecule has 1 atom stereocenters. The second kappa shape index (κ2) is 6.37. The first kappa shape index (κ1) is 14.3. The fourth-order valence-corrected chi connectivity index (χ4v) is 4.06. The predicted octanol–water partition coefficient (Wildman–Crippen LogP) is 2.68. The molecule has 0 bridgehead atoms. The van der Waals surface area contributed by atoms with Gasteiger partial charge >= 0.3 is 10.8 Å². The Morgan fingerprint density at radius 2 is 2.32 bits per heavy atom. The molecule has 19 heavy (non-hydrogen) atoms. The Bertz CT molecular complexity index is 503. The van der Waals surface area contributed by atoms with Crippen LogP contribution in [-0.4, -0.2) is 15.6 Å². The van der Waals surface area contributed by atoms with Gasteiger partial charge in [0.25, 0.3) is 0 Å². The molecule has 0 amide bonds. The van der Waals surface area contributed by atoms with Gasteiger partial charge in [0.1, 0.15) is 0 Å². The molecule has 1 aliphatic rings. The summed E-state index contributed by atoms with van der Waals surface area (Å²) in [5, 5.41) is 8.66. The van der Waals surface area contributed by atoms with Crippen LogP contribution in [-0.2, 0) is 24.2 Å². The van der Waals surface area contributed by atoms with E-state index in [0.717, 1.165) is 25.2 Å². The van der Waals surface area contributed by atoms with Crippen molar-refractivity contribution in [1.82, 2.24) is 4.57 Å². The van der Waals surface area contributed by atoms with E-state index in [1.807, 2.05) is 4.57 Å². The first-order valence-corrected chi connectivity index (χ1v) is 7.86. The molecule has 0 radical (unpaired) electrons. The highest BCUT2D eigenvalue weighted by molar-refractivity contribution is 7.09. The molecule has 0 saturated heterocycles. The number of hydrogen-bond donors (Lipinski definition) is 1. The molecular weight excluding hydrogens is 262 g/mol. The third-order valence-electron chi connectivity index (χ3n) is 3.81. The minimum absolute atomic E-state index is 0.0903. The second-order valence-corrected chi connectivity index (χ2v) is 6.33. The summed E-state index contributed by atoms with van der Waals surface area (Å²) in [5.41, 5.74) is 1.17. The molecule has 0 spiro atoms. The number of thiazole rings is 1. The third-order valence-corrected chi connectivity index (χ3v) is 4.86. The summed E-state index contributed by atoms with van der Waals surface area (Å²) in [6.45, 7) is 2.75. The minimum Gasteiger partial charge on any atom is -0.481 e. The Morgan fingerprint density at radius 1 is 1.53 bits per heavy atom. The number of hydrogen-bond acceptors (Lipinski definition) is 3. The quantitative estimate of drug-likeness (QED) is 0.873. The van der Waals surface area contributed by atoms with Crippen molar-refractivity contribution in [1.29, 1.82) is 0 Å². The number of aromatic nitrogens is 1. The predicted molar refractivity (Wildman–Crippen MR) is 75.9 cm³/mol. The zero-order valence-corrected chi connectivity index (χ0v) is 12.2. The van der Waals surface area contributed by atoms with Crippen LogP contribution in [0.2, 0.25) is 0 Å². The highest BCUT2D eigenvalue weighted by Gasteiger charge is 2.23. The molecule has 0 aliphatic heterocycles. The summed E-state index contributed by atoms with van der Waals surface area (Å²) in [6.07, 6.45) is 6.29. The van der Waals surface area contributed by atoms with Crippen LogP contribution in [0.3, 0.4) is 0 Å². The zero-order chi connectivity index (χ0) is 13.8. The number of rotatable bonds is 6. The summed E-state index contributed by atoms with van der Waals surface area (Å²) < 4.78 is 1.81. The zero-order valence-electron chi connectivity index (χ0n) is 11.4. The molecular formula is C14H21NO3S. The van der Waals surface area contributed by atoms with Gasteiger partial charge in [0.2, 0.25) is 0 Å². The van der Waals surface area contributed by atoms with Crippen molar-refractivity contribution in [2.75, 3.05) is 0 Å². The van der Waals surface area contributed by atoms with Crippen molar-refractivity contribution in [3.63, 3.8) is 0 Å². The van der Waals surface area contributed by atoms with Crippen LogP contribution >= 0.6 is 11.3 Å². The van der Waals surface area contributed by atoms with E-state index in [9.17, 15) is 9.59 Å². The van der Waals surface area contributed by atoms with Gasteiger partial charge in [0.15, 0.2) is 0 Å². The normalized spacial score (nSPS) is 18.3. The Morgan fingerprint density at radius 3 is 3.00 bits per heavy atom. The van der Waals surface area contributed by atoms with Crippen molar-refractivity contribution < 1.29 is 9.90 Å². The first-order valence-electron chi connectivity index (χ1n) is 7.05. The molecule has 1 aromatic heterocycles. The average Bonchev–Trinajstić information content (AvgIpc) is 2.65. The maximum Gasteiger partial charge on any atom is 0.307 e. The molecule has 0 saturated carbocycles. The molecule has 4 nitrogen and oxygen atoms in total. The fraction of sp³-hybridized carbons (Fsp3) is 0.714. The van der Waals surface area contributed by atoms with Crippen LogP contribution in [0.25, 0.3) is 0 Å². The monoisotopic (exact) mass is 283 g/mol. The minimum atomic E-state index is -0.792. The van der Waals surface area contributed by atoms with Gasteiger partial charge in [-0.15, -0.1) is 0 Å². The van der Waals surface area contributed by atoms with Crippen molar-refractivity contribution in [2.45, 2.75) is 58.4 Å². The standard InChI is InChI=1S/C14H21NO3S/c1-2-4-10-6-7-11-12(9-10)19-14(18)15(11)8-3-5-13(16)17/h10H,2-9H2,1H3,(H,16,17). The van der Waals surface area contributed by atoms with Crippen LogP contribution < -0.4 is 4.87 Å². The molecule has 1 aromatic rings. The Balaban J connectivity index is 2.06. The van der Waals surface area contributed by atoms with Crippen molar-refractivity contribution in [2.24, 2.45) is 5.92 Å². The van der Waals surface area contributed by atoms with Gasteiger partial charge < -0.3 is 9.67 Å². The maximum atomic E-state index is 12.0. The van der Waals surface area contributed by atoms with Crippen molar-refractivity contribution in [3.8, 4) is 0 Å². The molecule has 1 N–H and O–H groups in total. The third kappa shape index (κ3) is 3.47. The lowest BCUT2D eigenvalue weighted by molar-refractivity contribution is -0.137. The van der Waals surface area contributed by atoms with Gasteiger partial charge in [-0.3, -0.25) is 9.59 Å². The molecule has 106 valence electrons. The lowest BCUT2D eigenvalue weighted by Gasteiger charge is -2.22. The van der Waals surface area contributed by atoms with Crippen LogP contribution in [0.1, 0.15) is 49.6 Å². The lowest BCUT2D eigenvalue weighted by atomic mass is 9.88. The van der Waals surface area contributed by atoms with Crippen LogP contribution in [0.15, 0.2) is 4.79 Å². The van der Waals surface area contributed by atoms with E-state index in [-0.39, 0.29) is 11.3 Å². The van der Waals surface area contributed by atoms with Gasteiger partial charge in [-0.05, 0) is 31.6 Å². The van der Waals surface area contributed by atoms with E-state index in [1.54, 1.807) is 0 Å². The van der Waals surface area contributed by atoms with E-state index < -0.39 is 5.97 Å². The number of carboxylic acid groups (broad SMARTS) is 1. The molecule has 0 aromatic carbocycles. The van der Waals surface area contributed by atoms with E-state index >= 15 is 0 Å². The largest absolute Gasteiger partial charge is 0.481 e. The molecule has 1 aliphatic carbocycles. The summed E-state index contributed by atoms with van der Waals surface area (Å²) >= 11 is 1.37. The topological polar surface area (TPSA) is 59.3 Å². The van der Waals surface area contributed by atoms with Crippen molar-refractivity contribution in [3.05, 3.63) is 20.2 Å². The Hall–Kier alpha value is -1.10. The molecule has 1 unspecified atom stereocenters. The van der Waals surface area contributed by atoms with E-state index in [1.165, 1.54) is 34.7 Å². The SMILES string of the molecule is CCCC1CCc2c(sc(=O)n2CCCC(=O)O)C1. The van der Waals surface area contributed by atoms with Gasteiger partial charge in [-0.1, -0.05) is 31.1 Å². The van der Waals surface area contributed by atoms with E-state index in [4.69, 9.17) is 5.11 Å². The van der Waals surface area contributed by atoms with Crippen LogP contribution in [0.4, 0.5) is 0 Å². The number of fused-ring (bicyclic) bond motifs is 1. The first-order chi connectivity index (χ1) is 9.11. The van der Waals surface area contributed by atoms with Crippen LogP contribution in [0.5, 0.6) is 0 Å². The smallest absolute Gasteiger partial charge is 0.307 e. The molecule has 5 heteroatoms. The second-order valence-electron chi connectivity index (χ2n) is 5.28. The highest BCUT2D eigenvalue weighted by atomic mass is 32.1. The van der Waals surface area contributed by atoms with Gasteiger partial charge in [-0.25, -0.2) is 0 Å². The van der Waals surface area contributed by atoms with Crippen LogP contribution in [0, 0.1) is 5.92 Å². The summed E-state index contributed by atoms with van der Waals surface area (Å²) in [6, 6.07) is 0. The fourth-order valence-electron chi connectivity index (χ4n) is 2.89. The maximum absolute atomic E-state index is 12.0. The summed E-state index contributed by atoms with van der Waals surface area (Å²) in [7, 11) is 0. The number of carbonyl (C=O) groups is 1. The van der Waals surface area contributed by atoms with Gasteiger partial charge in [0, 0.05) is 23.5 Å². The molecule has 0 fully saturated rings. The Labute approximate surface area is 117 Å². The summed E-state index contributed by atoms with van der Waals surface area (Å²) in [5.74, 6) is -0.0665. The van der Waals surface area contributed by atoms with Gasteiger partial charge in [0.05, 0.1) is 0 Å².